The van der Waals surface area contributed by atoms with E-state index < -0.39 is 15.8 Å². The Bertz CT molecular complexity index is 556. The van der Waals surface area contributed by atoms with E-state index in [4.69, 9.17) is 9.84 Å². The average molecular weight is 298 g/mol. The molecule has 1 fully saturated rings. The maximum Gasteiger partial charge on any atom is 0.335 e. The van der Waals surface area contributed by atoms with Gasteiger partial charge in [0.1, 0.15) is 0 Å². The van der Waals surface area contributed by atoms with Crippen LogP contribution in [0.4, 0.5) is 0 Å². The molecule has 0 aromatic heterocycles. The average Bonchev–Trinajstić information content (AvgIpc) is 2.92. The molecule has 6 heteroatoms. The maximum absolute atomic E-state index is 12.1. The third kappa shape index (κ3) is 3.80. The molecular weight excluding hydrogens is 280 g/mol. The Morgan fingerprint density at radius 3 is 2.55 bits per heavy atom. The zero-order valence-corrected chi connectivity index (χ0v) is 11.9. The molecule has 1 unspecified atom stereocenters. The van der Waals surface area contributed by atoms with Gasteiger partial charge in [0.15, 0.2) is 9.84 Å². The highest BCUT2D eigenvalue weighted by Gasteiger charge is 2.19. The van der Waals surface area contributed by atoms with Crippen LogP contribution in [0.5, 0.6) is 0 Å². The summed E-state index contributed by atoms with van der Waals surface area (Å²) in [6, 6.07) is 5.33. The molecule has 0 radical (unpaired) electrons. The smallest absolute Gasteiger partial charge is 0.335 e. The minimum absolute atomic E-state index is 0.0687. The van der Waals surface area contributed by atoms with E-state index in [0.29, 0.717) is 6.42 Å². The number of ether oxygens (including phenoxy) is 1. The maximum atomic E-state index is 12.1. The first kappa shape index (κ1) is 15.0. The summed E-state index contributed by atoms with van der Waals surface area (Å²) in [4.78, 5) is 10.9. The van der Waals surface area contributed by atoms with Gasteiger partial charge in [-0.05, 0) is 49.9 Å². The van der Waals surface area contributed by atoms with E-state index in [0.717, 1.165) is 25.9 Å². The van der Waals surface area contributed by atoms with Crippen LogP contribution in [0.3, 0.4) is 0 Å². The van der Waals surface area contributed by atoms with Gasteiger partial charge in [-0.1, -0.05) is 0 Å². The second kappa shape index (κ2) is 6.37. The fourth-order valence-electron chi connectivity index (χ4n) is 2.30. The van der Waals surface area contributed by atoms with Crippen LogP contribution in [-0.4, -0.2) is 38.0 Å². The number of carboxylic acid groups (broad SMARTS) is 1. The first-order valence-corrected chi connectivity index (χ1v) is 8.32. The van der Waals surface area contributed by atoms with Crippen LogP contribution in [0.2, 0.25) is 0 Å². The lowest BCUT2D eigenvalue weighted by atomic mass is 10.1. The molecule has 5 nitrogen and oxygen atoms in total. The summed E-state index contributed by atoms with van der Waals surface area (Å²) < 4.78 is 29.7. The summed E-state index contributed by atoms with van der Waals surface area (Å²) in [5, 5.41) is 8.78. The predicted octanol–water partition coefficient (Wildman–Crippen LogP) is 2.12. The zero-order chi connectivity index (χ0) is 14.6. The number of aromatic carboxylic acids is 1. The van der Waals surface area contributed by atoms with Crippen LogP contribution in [0, 0.1) is 0 Å². The molecular formula is C14H18O5S. The molecule has 1 heterocycles. The number of hydrogen-bond donors (Lipinski definition) is 1. The third-order valence-corrected chi connectivity index (χ3v) is 5.24. The number of rotatable bonds is 6. The second-order valence-electron chi connectivity index (χ2n) is 4.93. The van der Waals surface area contributed by atoms with Crippen LogP contribution >= 0.6 is 0 Å². The molecule has 1 N–H and O–H groups in total. The fourth-order valence-corrected chi connectivity index (χ4v) is 3.63. The lowest BCUT2D eigenvalue weighted by molar-refractivity contribution is 0.0696. The van der Waals surface area contributed by atoms with Crippen molar-refractivity contribution in [2.45, 2.75) is 36.7 Å². The first-order chi connectivity index (χ1) is 9.49. The van der Waals surface area contributed by atoms with Crippen molar-refractivity contribution in [3.05, 3.63) is 29.8 Å². The fraction of sp³-hybridized carbons (Fsp3) is 0.500. The Hall–Kier alpha value is -1.40. The van der Waals surface area contributed by atoms with Crippen LogP contribution in [-0.2, 0) is 14.6 Å². The molecule has 2 rings (SSSR count). The summed E-state index contributed by atoms with van der Waals surface area (Å²) in [7, 11) is -3.34. The SMILES string of the molecule is O=C(O)c1ccc(S(=O)(=O)CCCC2CCCO2)cc1. The van der Waals surface area contributed by atoms with E-state index in [1.807, 2.05) is 0 Å². The Morgan fingerprint density at radius 1 is 1.30 bits per heavy atom. The molecule has 1 aliphatic heterocycles. The first-order valence-electron chi connectivity index (χ1n) is 6.67. The minimum Gasteiger partial charge on any atom is -0.478 e. The number of hydrogen-bond acceptors (Lipinski definition) is 4. The molecule has 20 heavy (non-hydrogen) atoms. The Kier molecular flexibility index (Phi) is 4.77. The molecule has 1 atom stereocenters. The summed E-state index contributed by atoms with van der Waals surface area (Å²) in [5.41, 5.74) is 0.0864. The van der Waals surface area contributed by atoms with E-state index in [-0.39, 0.29) is 22.3 Å². The monoisotopic (exact) mass is 298 g/mol. The standard InChI is InChI=1S/C14H18O5S/c15-14(16)11-5-7-13(8-6-11)20(17,18)10-2-4-12-3-1-9-19-12/h5-8,12H,1-4,9-10H2,(H,15,16). The van der Waals surface area contributed by atoms with Gasteiger partial charge in [0.05, 0.1) is 22.3 Å². The zero-order valence-electron chi connectivity index (χ0n) is 11.1. The number of carbonyl (C=O) groups is 1. The molecule has 0 aliphatic carbocycles. The lowest BCUT2D eigenvalue weighted by Gasteiger charge is -2.09. The number of carboxylic acids is 1. The van der Waals surface area contributed by atoms with Gasteiger partial charge in [-0.15, -0.1) is 0 Å². The molecule has 1 aliphatic rings. The molecule has 0 saturated carbocycles. The van der Waals surface area contributed by atoms with E-state index in [2.05, 4.69) is 0 Å². The van der Waals surface area contributed by atoms with Gasteiger partial charge >= 0.3 is 5.97 Å². The summed E-state index contributed by atoms with van der Waals surface area (Å²) in [6.45, 7) is 0.772. The van der Waals surface area contributed by atoms with Crippen molar-refractivity contribution in [1.82, 2.24) is 0 Å². The van der Waals surface area contributed by atoms with Crippen LogP contribution in [0.1, 0.15) is 36.0 Å². The van der Waals surface area contributed by atoms with Gasteiger partial charge in [-0.2, -0.15) is 0 Å². The van der Waals surface area contributed by atoms with Gasteiger partial charge in [0, 0.05) is 6.61 Å². The van der Waals surface area contributed by atoms with Crippen molar-refractivity contribution in [1.29, 1.82) is 0 Å². The molecule has 110 valence electrons. The van der Waals surface area contributed by atoms with Crippen molar-refractivity contribution in [2.24, 2.45) is 0 Å². The summed E-state index contributed by atoms with van der Waals surface area (Å²) in [5.74, 6) is -0.994. The van der Waals surface area contributed by atoms with Gasteiger partial charge in [-0.25, -0.2) is 13.2 Å². The summed E-state index contributed by atoms with van der Waals surface area (Å²) >= 11 is 0. The minimum atomic E-state index is -3.34. The van der Waals surface area contributed by atoms with E-state index in [1.165, 1.54) is 24.3 Å². The molecule has 1 aromatic carbocycles. The second-order valence-corrected chi connectivity index (χ2v) is 7.03. The van der Waals surface area contributed by atoms with Gasteiger partial charge < -0.3 is 9.84 Å². The number of sulfone groups is 1. The van der Waals surface area contributed by atoms with Gasteiger partial charge in [-0.3, -0.25) is 0 Å². The molecule has 0 spiro atoms. The molecule has 1 saturated heterocycles. The topological polar surface area (TPSA) is 80.7 Å². The highest BCUT2D eigenvalue weighted by atomic mass is 32.2. The van der Waals surface area contributed by atoms with Crippen molar-refractivity contribution in [3.8, 4) is 0 Å². The Labute approximate surface area is 118 Å². The molecule has 1 aromatic rings. The van der Waals surface area contributed by atoms with E-state index in [9.17, 15) is 13.2 Å². The van der Waals surface area contributed by atoms with E-state index >= 15 is 0 Å². The van der Waals surface area contributed by atoms with Crippen LogP contribution in [0.25, 0.3) is 0 Å². The molecule has 0 bridgehead atoms. The van der Waals surface area contributed by atoms with Crippen molar-refractivity contribution in [3.63, 3.8) is 0 Å². The number of benzene rings is 1. The van der Waals surface area contributed by atoms with Crippen LogP contribution < -0.4 is 0 Å². The third-order valence-electron chi connectivity index (χ3n) is 3.42. The largest absolute Gasteiger partial charge is 0.478 e. The highest BCUT2D eigenvalue weighted by molar-refractivity contribution is 7.91. The predicted molar refractivity (Wildman–Crippen MR) is 73.7 cm³/mol. The lowest BCUT2D eigenvalue weighted by Crippen LogP contribution is -2.11. The quantitative estimate of drug-likeness (QED) is 0.870. The highest BCUT2D eigenvalue weighted by Crippen LogP contribution is 2.19. The van der Waals surface area contributed by atoms with Crippen molar-refractivity contribution >= 4 is 15.8 Å². The van der Waals surface area contributed by atoms with Crippen molar-refractivity contribution < 1.29 is 23.1 Å². The summed E-state index contributed by atoms with van der Waals surface area (Å²) in [6.07, 6.45) is 3.57. The van der Waals surface area contributed by atoms with Crippen molar-refractivity contribution in [2.75, 3.05) is 12.4 Å². The Balaban J connectivity index is 1.93. The van der Waals surface area contributed by atoms with Gasteiger partial charge in [0.25, 0.3) is 0 Å². The van der Waals surface area contributed by atoms with Gasteiger partial charge in [0.2, 0.25) is 0 Å². The molecule has 0 amide bonds. The van der Waals surface area contributed by atoms with E-state index in [1.54, 1.807) is 0 Å². The Morgan fingerprint density at radius 2 is 2.00 bits per heavy atom. The van der Waals surface area contributed by atoms with Crippen LogP contribution in [0.15, 0.2) is 29.2 Å². The normalized spacial score (nSPS) is 19.1.